The maximum Gasteiger partial charge on any atom is 0.188 e. The third-order valence-electron chi connectivity index (χ3n) is 2.22. The van der Waals surface area contributed by atoms with Gasteiger partial charge in [-0.25, -0.2) is 0 Å². The number of tetrazole rings is 1. The van der Waals surface area contributed by atoms with E-state index in [1.807, 2.05) is 0 Å². The molecule has 0 saturated carbocycles. The predicted molar refractivity (Wildman–Crippen MR) is 59.2 cm³/mol. The molecule has 5 nitrogen and oxygen atoms in total. The molecule has 0 radical (unpaired) electrons. The summed E-state index contributed by atoms with van der Waals surface area (Å²) in [7, 11) is 1.78. The van der Waals surface area contributed by atoms with Gasteiger partial charge in [-0.2, -0.15) is 4.80 Å². The highest BCUT2D eigenvalue weighted by molar-refractivity contribution is 4.74. The van der Waals surface area contributed by atoms with Gasteiger partial charge >= 0.3 is 0 Å². The summed E-state index contributed by atoms with van der Waals surface area (Å²) in [5.74, 6) is 1.58. The van der Waals surface area contributed by atoms with E-state index in [2.05, 4.69) is 34.6 Å². The standard InChI is InChI=1S/C10H21N5/c1-9(2)6-4-5-7-11-8-10-12-14-15(3)13-10/h9,11H,4-8H2,1-3H3. The fraction of sp³-hybridized carbons (Fsp3) is 0.900. The lowest BCUT2D eigenvalue weighted by Crippen LogP contribution is -2.16. The number of nitrogens with zero attached hydrogens (tertiary/aromatic N) is 4. The molecule has 0 aliphatic rings. The predicted octanol–water partition coefficient (Wildman–Crippen LogP) is 1.13. The van der Waals surface area contributed by atoms with Crippen LogP contribution in [0.1, 0.15) is 38.9 Å². The molecule has 0 saturated heterocycles. The van der Waals surface area contributed by atoms with Crippen LogP contribution in [0, 0.1) is 5.92 Å². The minimum absolute atomic E-state index is 0.718. The molecular formula is C10H21N5. The Labute approximate surface area is 91.2 Å². The number of unbranched alkanes of at least 4 members (excludes halogenated alkanes) is 1. The Balaban J connectivity index is 1.98. The van der Waals surface area contributed by atoms with Crippen LogP contribution >= 0.6 is 0 Å². The van der Waals surface area contributed by atoms with Gasteiger partial charge in [0.1, 0.15) is 0 Å². The third kappa shape index (κ3) is 5.47. The SMILES string of the molecule is CC(C)CCCCNCc1nnn(C)n1. The van der Waals surface area contributed by atoms with Crippen molar-refractivity contribution in [1.29, 1.82) is 0 Å². The fourth-order valence-electron chi connectivity index (χ4n) is 1.40. The highest BCUT2D eigenvalue weighted by Gasteiger charge is 1.99. The van der Waals surface area contributed by atoms with Crippen molar-refractivity contribution < 1.29 is 0 Å². The van der Waals surface area contributed by atoms with Gasteiger partial charge in [0.2, 0.25) is 0 Å². The van der Waals surface area contributed by atoms with E-state index in [1.165, 1.54) is 24.1 Å². The average molecular weight is 211 g/mol. The van der Waals surface area contributed by atoms with Gasteiger partial charge in [-0.1, -0.05) is 26.7 Å². The van der Waals surface area contributed by atoms with E-state index in [1.54, 1.807) is 7.05 Å². The van der Waals surface area contributed by atoms with Gasteiger partial charge in [0.25, 0.3) is 0 Å². The van der Waals surface area contributed by atoms with Crippen LogP contribution in [0.4, 0.5) is 0 Å². The summed E-state index contributed by atoms with van der Waals surface area (Å²) in [5.41, 5.74) is 0. The summed E-state index contributed by atoms with van der Waals surface area (Å²) < 4.78 is 0. The van der Waals surface area contributed by atoms with Crippen LogP contribution in [0.2, 0.25) is 0 Å². The molecule has 0 aromatic carbocycles. The van der Waals surface area contributed by atoms with Crippen LogP contribution in [0.5, 0.6) is 0 Å². The first kappa shape index (κ1) is 12.1. The van der Waals surface area contributed by atoms with E-state index < -0.39 is 0 Å². The van der Waals surface area contributed by atoms with Crippen LogP contribution in [0.15, 0.2) is 0 Å². The van der Waals surface area contributed by atoms with Crippen molar-refractivity contribution in [2.45, 2.75) is 39.7 Å². The summed E-state index contributed by atoms with van der Waals surface area (Å²) in [6.07, 6.45) is 3.82. The van der Waals surface area contributed by atoms with Gasteiger partial charge in [0, 0.05) is 0 Å². The van der Waals surface area contributed by atoms with Crippen molar-refractivity contribution in [2.24, 2.45) is 13.0 Å². The minimum Gasteiger partial charge on any atom is -0.310 e. The highest BCUT2D eigenvalue weighted by atomic mass is 15.6. The Morgan fingerprint density at radius 1 is 1.33 bits per heavy atom. The van der Waals surface area contributed by atoms with Crippen LogP contribution < -0.4 is 5.32 Å². The molecule has 0 atom stereocenters. The van der Waals surface area contributed by atoms with Crippen LogP contribution in [-0.2, 0) is 13.6 Å². The first-order chi connectivity index (χ1) is 7.18. The second-order valence-corrected chi connectivity index (χ2v) is 4.26. The van der Waals surface area contributed by atoms with Gasteiger partial charge < -0.3 is 5.32 Å². The zero-order chi connectivity index (χ0) is 11.1. The van der Waals surface area contributed by atoms with E-state index >= 15 is 0 Å². The monoisotopic (exact) mass is 211 g/mol. The summed E-state index contributed by atoms with van der Waals surface area (Å²) in [5, 5.41) is 15.1. The fourth-order valence-corrected chi connectivity index (χ4v) is 1.40. The zero-order valence-electron chi connectivity index (χ0n) is 9.90. The number of rotatable bonds is 7. The molecular weight excluding hydrogens is 190 g/mol. The number of hydrogen-bond donors (Lipinski definition) is 1. The molecule has 86 valence electrons. The number of nitrogens with one attached hydrogen (secondary N) is 1. The second kappa shape index (κ2) is 6.50. The topological polar surface area (TPSA) is 55.6 Å². The van der Waals surface area contributed by atoms with Crippen molar-refractivity contribution in [3.63, 3.8) is 0 Å². The maximum atomic E-state index is 4.09. The Bertz CT molecular complexity index is 269. The Morgan fingerprint density at radius 2 is 2.13 bits per heavy atom. The van der Waals surface area contributed by atoms with Crippen LogP contribution in [-0.4, -0.2) is 26.8 Å². The molecule has 0 aliphatic heterocycles. The smallest absolute Gasteiger partial charge is 0.188 e. The lowest BCUT2D eigenvalue weighted by molar-refractivity contribution is 0.517. The molecule has 0 bridgehead atoms. The molecule has 15 heavy (non-hydrogen) atoms. The number of hydrogen-bond acceptors (Lipinski definition) is 4. The molecule has 1 aromatic heterocycles. The Kier molecular flexibility index (Phi) is 5.25. The Hall–Kier alpha value is -0.970. The van der Waals surface area contributed by atoms with Gasteiger partial charge in [-0.3, -0.25) is 0 Å². The number of aromatic nitrogens is 4. The van der Waals surface area contributed by atoms with Gasteiger partial charge in [0.05, 0.1) is 13.6 Å². The summed E-state index contributed by atoms with van der Waals surface area (Å²) in [6.45, 7) is 6.27. The van der Waals surface area contributed by atoms with Crippen LogP contribution in [0.25, 0.3) is 0 Å². The average Bonchev–Trinajstić information content (AvgIpc) is 2.57. The van der Waals surface area contributed by atoms with Crippen molar-refractivity contribution in [3.8, 4) is 0 Å². The molecule has 1 N–H and O–H groups in total. The van der Waals surface area contributed by atoms with E-state index in [9.17, 15) is 0 Å². The summed E-state index contributed by atoms with van der Waals surface area (Å²) in [4.78, 5) is 1.48. The lowest BCUT2D eigenvalue weighted by Gasteiger charge is -2.04. The molecule has 0 aliphatic carbocycles. The summed E-state index contributed by atoms with van der Waals surface area (Å²) in [6, 6.07) is 0. The van der Waals surface area contributed by atoms with E-state index in [4.69, 9.17) is 0 Å². The zero-order valence-corrected chi connectivity index (χ0v) is 9.90. The molecule has 1 aromatic rings. The molecule has 0 unspecified atom stereocenters. The molecule has 5 heteroatoms. The summed E-state index contributed by atoms with van der Waals surface area (Å²) >= 11 is 0. The van der Waals surface area contributed by atoms with Crippen molar-refractivity contribution in [3.05, 3.63) is 5.82 Å². The quantitative estimate of drug-likeness (QED) is 0.687. The minimum atomic E-state index is 0.718. The maximum absolute atomic E-state index is 4.09. The first-order valence-corrected chi connectivity index (χ1v) is 5.62. The van der Waals surface area contributed by atoms with Crippen molar-refractivity contribution in [1.82, 2.24) is 25.5 Å². The highest BCUT2D eigenvalue weighted by Crippen LogP contribution is 2.04. The van der Waals surface area contributed by atoms with Gasteiger partial charge in [0.15, 0.2) is 5.82 Å². The largest absolute Gasteiger partial charge is 0.310 e. The van der Waals surface area contributed by atoms with E-state index in [-0.39, 0.29) is 0 Å². The second-order valence-electron chi connectivity index (χ2n) is 4.26. The van der Waals surface area contributed by atoms with Crippen LogP contribution in [0.3, 0.4) is 0 Å². The normalized spacial score (nSPS) is 11.2. The van der Waals surface area contributed by atoms with Gasteiger partial charge in [-0.15, -0.1) is 10.2 Å². The Morgan fingerprint density at radius 3 is 2.73 bits per heavy atom. The molecule has 0 amide bonds. The molecule has 1 rings (SSSR count). The molecule has 1 heterocycles. The van der Waals surface area contributed by atoms with Crippen molar-refractivity contribution in [2.75, 3.05) is 6.54 Å². The van der Waals surface area contributed by atoms with Crippen molar-refractivity contribution >= 4 is 0 Å². The number of aryl methyl sites for hydroxylation is 1. The third-order valence-corrected chi connectivity index (χ3v) is 2.22. The lowest BCUT2D eigenvalue weighted by atomic mass is 10.1. The van der Waals surface area contributed by atoms with E-state index in [0.29, 0.717) is 0 Å². The first-order valence-electron chi connectivity index (χ1n) is 5.62. The molecule has 0 spiro atoms. The van der Waals surface area contributed by atoms with E-state index in [0.717, 1.165) is 24.8 Å². The van der Waals surface area contributed by atoms with Gasteiger partial charge in [-0.05, 0) is 24.1 Å². The molecule has 0 fully saturated rings.